The van der Waals surface area contributed by atoms with Gasteiger partial charge in [-0.2, -0.15) is 11.3 Å². The number of benzene rings is 1. The molecule has 30 heavy (non-hydrogen) atoms. The van der Waals surface area contributed by atoms with Gasteiger partial charge in [0.2, 0.25) is 5.91 Å². The second-order valence-corrected chi connectivity index (χ2v) is 9.50. The van der Waals surface area contributed by atoms with E-state index in [0.717, 1.165) is 25.2 Å². The molecule has 2 aliphatic heterocycles. The van der Waals surface area contributed by atoms with Crippen LogP contribution in [-0.4, -0.2) is 66.2 Å². The van der Waals surface area contributed by atoms with Crippen LogP contribution >= 0.6 is 11.3 Å². The first-order chi connectivity index (χ1) is 14.6. The maximum Gasteiger partial charge on any atom is 0.226 e. The molecule has 0 spiro atoms. The minimum absolute atomic E-state index is 0.170. The fraction of sp³-hybridized carbons (Fsp3) is 0.542. The Morgan fingerprint density at radius 3 is 2.37 bits per heavy atom. The Bertz CT molecular complexity index is 792. The summed E-state index contributed by atoms with van der Waals surface area (Å²) >= 11 is 1.77. The zero-order valence-electron chi connectivity index (χ0n) is 17.9. The summed E-state index contributed by atoms with van der Waals surface area (Å²) in [4.78, 5) is 19.3. The summed E-state index contributed by atoms with van der Waals surface area (Å²) in [6, 6.07) is 11.4. The quantitative estimate of drug-likeness (QED) is 0.768. The van der Waals surface area contributed by atoms with E-state index in [2.05, 4.69) is 57.9 Å². The van der Waals surface area contributed by atoms with E-state index >= 15 is 0 Å². The lowest BCUT2D eigenvalue weighted by Crippen LogP contribution is -2.43. The second-order valence-electron chi connectivity index (χ2n) is 8.72. The van der Waals surface area contributed by atoms with E-state index in [0.29, 0.717) is 38.4 Å². The van der Waals surface area contributed by atoms with E-state index < -0.39 is 0 Å². The van der Waals surface area contributed by atoms with E-state index in [4.69, 9.17) is 0 Å². The number of carbonyl (C=O) groups is 1. The van der Waals surface area contributed by atoms with E-state index in [1.807, 2.05) is 4.90 Å². The average Bonchev–Trinajstić information content (AvgIpc) is 3.28. The summed E-state index contributed by atoms with van der Waals surface area (Å²) in [7, 11) is 2.24. The van der Waals surface area contributed by atoms with Gasteiger partial charge in [-0.05, 0) is 72.8 Å². The molecule has 1 aromatic heterocycles. The van der Waals surface area contributed by atoms with Gasteiger partial charge in [0.1, 0.15) is 0 Å². The molecule has 2 aromatic rings. The monoisotopic (exact) mass is 427 g/mol. The van der Waals surface area contributed by atoms with Gasteiger partial charge in [0.05, 0.1) is 12.5 Å². The molecule has 0 unspecified atom stereocenters. The van der Waals surface area contributed by atoms with Gasteiger partial charge in [-0.25, -0.2) is 0 Å². The molecule has 2 aliphatic rings. The minimum Gasteiger partial charge on any atom is -0.393 e. The summed E-state index contributed by atoms with van der Waals surface area (Å²) < 4.78 is 0. The number of aliphatic hydroxyl groups is 1. The summed E-state index contributed by atoms with van der Waals surface area (Å²) in [5.41, 5.74) is 3.74. The van der Waals surface area contributed by atoms with Crippen molar-refractivity contribution in [1.82, 2.24) is 9.80 Å². The van der Waals surface area contributed by atoms with E-state index in [9.17, 15) is 9.90 Å². The van der Waals surface area contributed by atoms with Crippen LogP contribution in [0.4, 0.5) is 5.69 Å². The lowest BCUT2D eigenvalue weighted by atomic mass is 10.0. The molecule has 3 heterocycles. The first-order valence-corrected chi connectivity index (χ1v) is 12.0. The Balaban J connectivity index is 1.25. The predicted molar refractivity (Wildman–Crippen MR) is 123 cm³/mol. The number of thiophene rings is 1. The Hall–Kier alpha value is -1.89. The number of carbonyl (C=O) groups excluding carboxylic acids is 1. The Labute approximate surface area is 183 Å². The number of anilines is 1. The zero-order valence-corrected chi connectivity index (χ0v) is 18.7. The van der Waals surface area contributed by atoms with Gasteiger partial charge < -0.3 is 14.9 Å². The zero-order chi connectivity index (χ0) is 20.9. The van der Waals surface area contributed by atoms with Crippen molar-refractivity contribution in [2.24, 2.45) is 0 Å². The number of amides is 1. The fourth-order valence-corrected chi connectivity index (χ4v) is 5.25. The van der Waals surface area contributed by atoms with Gasteiger partial charge in [0.15, 0.2) is 0 Å². The Morgan fingerprint density at radius 1 is 1.03 bits per heavy atom. The van der Waals surface area contributed by atoms with E-state index in [1.165, 1.54) is 24.1 Å². The number of piperidine rings is 2. The summed E-state index contributed by atoms with van der Waals surface area (Å²) in [5.74, 6) is 0.170. The lowest BCUT2D eigenvalue weighted by Gasteiger charge is -2.38. The third-order valence-electron chi connectivity index (χ3n) is 6.57. The van der Waals surface area contributed by atoms with Gasteiger partial charge in [0, 0.05) is 44.5 Å². The first-order valence-electron chi connectivity index (χ1n) is 11.1. The molecule has 1 N–H and O–H groups in total. The van der Waals surface area contributed by atoms with Crippen LogP contribution in [0.3, 0.4) is 0 Å². The number of hydrogen-bond donors (Lipinski definition) is 1. The highest BCUT2D eigenvalue weighted by molar-refractivity contribution is 7.07. The van der Waals surface area contributed by atoms with Crippen LogP contribution in [0.2, 0.25) is 0 Å². The number of likely N-dealkylation sites (tertiary alicyclic amines) is 1. The Kier molecular flexibility index (Phi) is 7.08. The smallest absolute Gasteiger partial charge is 0.226 e. The third-order valence-corrected chi connectivity index (χ3v) is 7.31. The average molecular weight is 428 g/mol. The molecular formula is C24H33N3O2S. The van der Waals surface area contributed by atoms with Gasteiger partial charge in [-0.1, -0.05) is 12.1 Å². The van der Waals surface area contributed by atoms with E-state index in [-0.39, 0.29) is 12.0 Å². The predicted octanol–water partition coefficient (Wildman–Crippen LogP) is 3.37. The topological polar surface area (TPSA) is 47.0 Å². The molecule has 1 aromatic carbocycles. The molecule has 5 nitrogen and oxygen atoms in total. The van der Waals surface area contributed by atoms with Crippen molar-refractivity contribution in [3.63, 3.8) is 0 Å². The molecule has 1 amide bonds. The van der Waals surface area contributed by atoms with E-state index in [1.54, 1.807) is 11.3 Å². The van der Waals surface area contributed by atoms with Crippen molar-refractivity contribution >= 4 is 22.9 Å². The van der Waals surface area contributed by atoms with Crippen LogP contribution in [0, 0.1) is 0 Å². The van der Waals surface area contributed by atoms with Crippen LogP contribution in [-0.2, 0) is 17.8 Å². The highest BCUT2D eigenvalue weighted by atomic mass is 32.1. The molecule has 0 saturated carbocycles. The molecule has 2 saturated heterocycles. The first kappa shape index (κ1) is 21.3. The molecular weight excluding hydrogens is 394 g/mol. The molecule has 0 bridgehead atoms. The lowest BCUT2D eigenvalue weighted by molar-refractivity contribution is -0.132. The standard InChI is InChI=1S/C24H33N3O2S/c1-25(17-20-10-15-30-18-20)21-6-11-26(12-7-21)22-4-2-19(3-5-22)16-24(29)27-13-8-23(28)9-14-27/h2-5,10,15,18,21,23,28H,6-9,11-14,16-17H2,1H3. The highest BCUT2D eigenvalue weighted by Gasteiger charge is 2.24. The van der Waals surface area contributed by atoms with Crippen molar-refractivity contribution in [3.8, 4) is 0 Å². The van der Waals surface area contributed by atoms with Crippen LogP contribution in [0.1, 0.15) is 36.8 Å². The molecule has 162 valence electrons. The van der Waals surface area contributed by atoms with Crippen LogP contribution in [0.5, 0.6) is 0 Å². The number of nitrogens with zero attached hydrogens (tertiary/aromatic N) is 3. The number of hydrogen-bond acceptors (Lipinski definition) is 5. The summed E-state index contributed by atoms with van der Waals surface area (Å²) in [6.45, 7) is 4.54. The SMILES string of the molecule is CN(Cc1ccsc1)C1CCN(c2ccc(CC(=O)N3CCC(O)CC3)cc2)CC1. The van der Waals surface area contributed by atoms with Gasteiger partial charge >= 0.3 is 0 Å². The van der Waals surface area contributed by atoms with Crippen molar-refractivity contribution < 1.29 is 9.90 Å². The molecule has 0 radical (unpaired) electrons. The van der Waals surface area contributed by atoms with Crippen LogP contribution in [0.25, 0.3) is 0 Å². The minimum atomic E-state index is -0.243. The summed E-state index contributed by atoms with van der Waals surface area (Å²) in [6.07, 6.45) is 3.97. The number of aliphatic hydroxyl groups excluding tert-OH is 1. The van der Waals surface area contributed by atoms with Gasteiger partial charge in [-0.15, -0.1) is 0 Å². The Morgan fingerprint density at radius 2 is 1.73 bits per heavy atom. The fourth-order valence-electron chi connectivity index (χ4n) is 4.59. The molecule has 0 aliphatic carbocycles. The molecule has 2 fully saturated rings. The summed E-state index contributed by atoms with van der Waals surface area (Å²) in [5, 5.41) is 14.0. The highest BCUT2D eigenvalue weighted by Crippen LogP contribution is 2.24. The van der Waals surface area contributed by atoms with Crippen molar-refractivity contribution in [2.75, 3.05) is 38.1 Å². The molecule has 4 rings (SSSR count). The molecule has 0 atom stereocenters. The largest absolute Gasteiger partial charge is 0.393 e. The maximum atomic E-state index is 12.5. The van der Waals surface area contributed by atoms with Gasteiger partial charge in [-0.3, -0.25) is 9.69 Å². The maximum absolute atomic E-state index is 12.5. The van der Waals surface area contributed by atoms with Gasteiger partial charge in [0.25, 0.3) is 0 Å². The normalized spacial score (nSPS) is 18.9. The van der Waals surface area contributed by atoms with Crippen molar-refractivity contribution in [2.45, 2.75) is 50.8 Å². The third kappa shape index (κ3) is 5.42. The molecule has 6 heteroatoms. The second kappa shape index (κ2) is 9.94. The van der Waals surface area contributed by atoms with Crippen LogP contribution in [0.15, 0.2) is 41.1 Å². The van der Waals surface area contributed by atoms with Crippen molar-refractivity contribution in [3.05, 3.63) is 52.2 Å². The van der Waals surface area contributed by atoms with Crippen LogP contribution < -0.4 is 4.90 Å². The van der Waals surface area contributed by atoms with Crippen molar-refractivity contribution in [1.29, 1.82) is 0 Å². The number of rotatable bonds is 6.